The molecule has 4 nitrogen and oxygen atoms in total. The fourth-order valence-corrected chi connectivity index (χ4v) is 5.44. The maximum absolute atomic E-state index is 14.5. The van der Waals surface area contributed by atoms with E-state index in [-0.39, 0.29) is 35.3 Å². The fraction of sp³-hybridized carbons (Fsp3) is 0.370. The van der Waals surface area contributed by atoms with Gasteiger partial charge in [-0.25, -0.2) is 8.78 Å². The van der Waals surface area contributed by atoms with E-state index < -0.39 is 0 Å². The first-order chi connectivity index (χ1) is 16.5. The number of carbonyl (C=O) groups is 1. The number of carbonyl (C=O) groups excluding carboxylic acids is 1. The Balaban J connectivity index is 1.46. The lowest BCUT2D eigenvalue weighted by Gasteiger charge is -2.40. The number of amides is 1. The van der Waals surface area contributed by atoms with E-state index in [9.17, 15) is 13.6 Å². The van der Waals surface area contributed by atoms with E-state index in [0.717, 1.165) is 31.5 Å². The number of ether oxygens (including phenoxy) is 1. The summed E-state index contributed by atoms with van der Waals surface area (Å²) in [6, 6.07) is 13.5. The predicted octanol–water partition coefficient (Wildman–Crippen LogP) is 5.63. The molecule has 7 heteroatoms. The molecule has 2 heterocycles. The summed E-state index contributed by atoms with van der Waals surface area (Å²) in [4.78, 5) is 17.3. The molecule has 34 heavy (non-hydrogen) atoms. The lowest BCUT2D eigenvalue weighted by molar-refractivity contribution is 0.0584. The molecule has 0 N–H and O–H groups in total. The molecule has 1 amide bonds. The van der Waals surface area contributed by atoms with Crippen LogP contribution >= 0.6 is 11.3 Å². The van der Waals surface area contributed by atoms with Gasteiger partial charge < -0.3 is 9.64 Å². The van der Waals surface area contributed by atoms with Gasteiger partial charge in [-0.3, -0.25) is 9.69 Å². The smallest absolute Gasteiger partial charge is 0.254 e. The van der Waals surface area contributed by atoms with Crippen molar-refractivity contribution in [1.29, 1.82) is 0 Å². The molecule has 180 valence electrons. The van der Waals surface area contributed by atoms with E-state index in [1.54, 1.807) is 23.1 Å². The van der Waals surface area contributed by atoms with Crippen molar-refractivity contribution in [2.45, 2.75) is 31.8 Å². The number of hydrogen-bond donors (Lipinski definition) is 0. The summed E-state index contributed by atoms with van der Waals surface area (Å²) in [6.45, 7) is 2.43. The summed E-state index contributed by atoms with van der Waals surface area (Å²) in [5, 5.41) is 3.76. The number of hydrogen-bond acceptors (Lipinski definition) is 4. The minimum Gasteiger partial charge on any atom is -0.494 e. The van der Waals surface area contributed by atoms with E-state index >= 15 is 0 Å². The minimum absolute atomic E-state index is 0.0246. The van der Waals surface area contributed by atoms with E-state index in [0.29, 0.717) is 24.1 Å². The van der Waals surface area contributed by atoms with Crippen molar-refractivity contribution in [3.8, 4) is 5.75 Å². The molecule has 1 atom stereocenters. The number of benzene rings is 2. The Morgan fingerprint density at radius 2 is 1.91 bits per heavy atom. The number of halogens is 2. The molecular weight excluding hydrogens is 454 g/mol. The topological polar surface area (TPSA) is 32.8 Å². The number of thiophene rings is 1. The molecule has 1 aromatic heterocycles. The molecular formula is C27H30F2N2O2S. The number of piperidine rings is 1. The highest BCUT2D eigenvalue weighted by molar-refractivity contribution is 7.08. The van der Waals surface area contributed by atoms with Gasteiger partial charge in [0.1, 0.15) is 5.82 Å². The molecule has 3 aromatic rings. The molecule has 4 rings (SSSR count). The van der Waals surface area contributed by atoms with E-state index in [4.69, 9.17) is 4.74 Å². The molecule has 1 aliphatic rings. The highest BCUT2D eigenvalue weighted by atomic mass is 32.1. The average molecular weight is 485 g/mol. The third kappa shape index (κ3) is 5.65. The molecule has 1 aliphatic heterocycles. The Hall–Kier alpha value is -2.77. The Labute approximate surface area is 203 Å². The van der Waals surface area contributed by atoms with Crippen LogP contribution in [0.3, 0.4) is 0 Å². The van der Waals surface area contributed by atoms with Crippen LogP contribution in [0.1, 0.15) is 34.3 Å². The van der Waals surface area contributed by atoms with Crippen molar-refractivity contribution >= 4 is 17.2 Å². The second-order valence-corrected chi connectivity index (χ2v) is 9.65. The van der Waals surface area contributed by atoms with Gasteiger partial charge in [0, 0.05) is 25.0 Å². The van der Waals surface area contributed by atoms with Crippen LogP contribution in [0.4, 0.5) is 8.78 Å². The molecule has 0 spiro atoms. The van der Waals surface area contributed by atoms with Crippen LogP contribution in [0.15, 0.2) is 59.3 Å². The second-order valence-electron chi connectivity index (χ2n) is 8.87. The molecule has 0 radical (unpaired) electrons. The van der Waals surface area contributed by atoms with Crippen molar-refractivity contribution in [1.82, 2.24) is 9.80 Å². The quantitative estimate of drug-likeness (QED) is 0.415. The summed E-state index contributed by atoms with van der Waals surface area (Å²) in [5.74, 6) is -0.105. The van der Waals surface area contributed by atoms with Crippen molar-refractivity contribution in [2.75, 3.05) is 27.2 Å². The first-order valence-electron chi connectivity index (χ1n) is 11.5. The summed E-state index contributed by atoms with van der Waals surface area (Å²) >= 11 is 1.50. The van der Waals surface area contributed by atoms with Crippen LogP contribution in [-0.4, -0.2) is 49.0 Å². The lowest BCUT2D eigenvalue weighted by Crippen LogP contribution is -2.47. The highest BCUT2D eigenvalue weighted by Gasteiger charge is 2.32. The predicted molar refractivity (Wildman–Crippen MR) is 131 cm³/mol. The molecule has 1 fully saturated rings. The highest BCUT2D eigenvalue weighted by Crippen LogP contribution is 2.29. The molecule has 0 aliphatic carbocycles. The van der Waals surface area contributed by atoms with E-state index in [1.165, 1.54) is 30.6 Å². The normalized spacial score (nSPS) is 15.8. The van der Waals surface area contributed by atoms with Gasteiger partial charge in [-0.1, -0.05) is 24.3 Å². The third-order valence-electron chi connectivity index (χ3n) is 6.77. The third-order valence-corrected chi connectivity index (χ3v) is 7.45. The monoisotopic (exact) mass is 484 g/mol. The summed E-state index contributed by atoms with van der Waals surface area (Å²) in [5.41, 5.74) is 2.32. The van der Waals surface area contributed by atoms with Crippen LogP contribution in [0.25, 0.3) is 0 Å². The Morgan fingerprint density at radius 1 is 1.15 bits per heavy atom. The lowest BCUT2D eigenvalue weighted by atomic mass is 9.84. The molecule has 2 aromatic carbocycles. The van der Waals surface area contributed by atoms with Gasteiger partial charge >= 0.3 is 0 Å². The zero-order valence-electron chi connectivity index (χ0n) is 19.5. The van der Waals surface area contributed by atoms with Gasteiger partial charge in [0.25, 0.3) is 5.91 Å². The van der Waals surface area contributed by atoms with Crippen LogP contribution < -0.4 is 4.74 Å². The van der Waals surface area contributed by atoms with Crippen molar-refractivity contribution < 1.29 is 18.3 Å². The SMILES string of the molecule is COc1cc(CN2CCC([C@@H](Cc3ccccc3F)N(C)C(=O)c3ccsc3)CC2)ccc1F. The summed E-state index contributed by atoms with van der Waals surface area (Å²) in [6.07, 6.45) is 2.29. The van der Waals surface area contributed by atoms with Crippen LogP contribution in [0, 0.1) is 17.6 Å². The number of methoxy groups -OCH3 is 1. The first kappa shape index (κ1) is 24.4. The van der Waals surface area contributed by atoms with Gasteiger partial charge in [0.15, 0.2) is 11.6 Å². The van der Waals surface area contributed by atoms with Crippen molar-refractivity contribution in [3.63, 3.8) is 0 Å². The van der Waals surface area contributed by atoms with Crippen molar-refractivity contribution in [3.05, 3.63) is 87.6 Å². The van der Waals surface area contributed by atoms with E-state index in [1.807, 2.05) is 36.0 Å². The maximum atomic E-state index is 14.5. The number of likely N-dealkylation sites (N-methyl/N-ethyl adjacent to an activating group) is 1. The first-order valence-corrected chi connectivity index (χ1v) is 12.5. The largest absolute Gasteiger partial charge is 0.494 e. The summed E-state index contributed by atoms with van der Waals surface area (Å²) in [7, 11) is 3.31. The second kappa shape index (κ2) is 11.1. The Bertz CT molecular complexity index is 1100. The minimum atomic E-state index is -0.362. The molecule has 0 bridgehead atoms. The summed E-state index contributed by atoms with van der Waals surface area (Å²) < 4.78 is 33.4. The Morgan fingerprint density at radius 3 is 2.59 bits per heavy atom. The maximum Gasteiger partial charge on any atom is 0.254 e. The number of nitrogens with zero attached hydrogens (tertiary/aromatic N) is 2. The standard InChI is InChI=1S/C27H30F2N2O2S/c1-30(27(32)22-11-14-34-18-22)25(16-21-5-3-4-6-23(21)28)20-9-12-31(13-10-20)17-19-7-8-24(29)26(15-19)33-2/h3-8,11,14-15,18,20,25H,9-10,12-13,16-17H2,1-2H3/t25-/m1/s1. The van der Waals surface area contributed by atoms with Gasteiger partial charge in [-0.05, 0) is 79.0 Å². The van der Waals surface area contributed by atoms with Gasteiger partial charge in [0.2, 0.25) is 0 Å². The van der Waals surface area contributed by atoms with Crippen molar-refractivity contribution in [2.24, 2.45) is 5.92 Å². The molecule has 0 unspecified atom stereocenters. The number of likely N-dealkylation sites (tertiary alicyclic amines) is 1. The van der Waals surface area contributed by atoms with Crippen LogP contribution in [-0.2, 0) is 13.0 Å². The van der Waals surface area contributed by atoms with E-state index in [2.05, 4.69) is 4.90 Å². The Kier molecular flexibility index (Phi) is 7.95. The zero-order chi connectivity index (χ0) is 24.1. The fourth-order valence-electron chi connectivity index (χ4n) is 4.81. The van der Waals surface area contributed by atoms with Crippen LogP contribution in [0.2, 0.25) is 0 Å². The average Bonchev–Trinajstić information content (AvgIpc) is 3.39. The number of rotatable bonds is 8. The van der Waals surface area contributed by atoms with Gasteiger partial charge in [-0.2, -0.15) is 11.3 Å². The van der Waals surface area contributed by atoms with Gasteiger partial charge in [-0.15, -0.1) is 0 Å². The van der Waals surface area contributed by atoms with Crippen LogP contribution in [0.5, 0.6) is 5.75 Å². The van der Waals surface area contributed by atoms with Gasteiger partial charge in [0.05, 0.1) is 12.7 Å². The molecule has 0 saturated carbocycles. The molecule has 1 saturated heterocycles. The zero-order valence-corrected chi connectivity index (χ0v) is 20.4.